The number of carbonyl (C=O) groups excluding carboxylic acids is 14. The first-order chi connectivity index (χ1) is 51.3. The van der Waals surface area contributed by atoms with Crippen molar-refractivity contribution in [1.29, 1.82) is 0 Å². The summed E-state index contributed by atoms with van der Waals surface area (Å²) >= 11 is 0. The predicted molar refractivity (Wildman–Crippen MR) is 403 cm³/mol. The van der Waals surface area contributed by atoms with Crippen LogP contribution in [0.5, 0.6) is 0 Å². The number of carboxylic acids is 1. The van der Waals surface area contributed by atoms with Crippen molar-refractivity contribution in [2.45, 2.75) is 223 Å². The molecule has 42 heteroatoms. The summed E-state index contributed by atoms with van der Waals surface area (Å²) < 4.78 is 0. The van der Waals surface area contributed by atoms with Crippen molar-refractivity contribution in [3.8, 4) is 0 Å². The van der Waals surface area contributed by atoms with Gasteiger partial charge in [-0.05, 0) is 134 Å². The molecule has 1 aromatic rings. The van der Waals surface area contributed by atoms with Crippen molar-refractivity contribution in [1.82, 2.24) is 63.8 Å². The van der Waals surface area contributed by atoms with Crippen molar-refractivity contribution in [2.75, 3.05) is 39.3 Å². The number of amides is 14. The van der Waals surface area contributed by atoms with E-state index >= 15 is 0 Å². The normalized spacial score (nSPS) is 14.3. The van der Waals surface area contributed by atoms with E-state index in [0.29, 0.717) is 31.2 Å². The summed E-state index contributed by atoms with van der Waals surface area (Å²) in [5.41, 5.74) is 62.0. The monoisotopic (exact) mass is 1540 g/mol. The second-order valence-electron chi connectivity index (χ2n) is 26.8. The minimum Gasteiger partial charge on any atom is -0.480 e. The van der Waals surface area contributed by atoms with Crippen molar-refractivity contribution in [2.24, 2.45) is 89.9 Å². The van der Waals surface area contributed by atoms with Crippen LogP contribution in [0.2, 0.25) is 0 Å². The molecule has 12 unspecified atom stereocenters. The third kappa shape index (κ3) is 41.0. The number of hydrogen-bond acceptors (Lipinski definition) is 21. The molecule has 0 aromatic heterocycles. The number of nitrogens with one attached hydrogen (secondary N) is 12. The van der Waals surface area contributed by atoms with Gasteiger partial charge in [-0.2, -0.15) is 0 Å². The maximum absolute atomic E-state index is 14.4. The van der Waals surface area contributed by atoms with Crippen molar-refractivity contribution < 1.29 is 77.0 Å². The average molecular weight is 1540 g/mol. The van der Waals surface area contributed by atoms with E-state index in [1.54, 1.807) is 44.2 Å². The van der Waals surface area contributed by atoms with E-state index in [1.165, 1.54) is 27.7 Å². The molecule has 1 aromatic carbocycles. The Morgan fingerprint density at radius 2 is 0.771 bits per heavy atom. The van der Waals surface area contributed by atoms with Gasteiger partial charge in [-0.15, -0.1) is 0 Å². The van der Waals surface area contributed by atoms with Crippen LogP contribution in [0.25, 0.3) is 0 Å². The Hall–Kier alpha value is -11.0. The number of benzene rings is 1. The van der Waals surface area contributed by atoms with Crippen LogP contribution in [0, 0.1) is 11.8 Å². The summed E-state index contributed by atoms with van der Waals surface area (Å²) in [6, 6.07) is -8.34. The highest BCUT2D eigenvalue weighted by molar-refractivity contribution is 6.00. The number of aliphatic carboxylic acids is 1. The number of rotatable bonds is 55. The molecule has 109 heavy (non-hydrogen) atoms. The fraction of sp³-hybridized carbons (Fsp3) is 0.642. The lowest BCUT2D eigenvalue weighted by molar-refractivity contribution is -0.143. The highest BCUT2D eigenvalue weighted by Crippen LogP contribution is 2.13. The molecule has 1 rings (SSSR count). The first-order valence-corrected chi connectivity index (χ1v) is 36.1. The summed E-state index contributed by atoms with van der Waals surface area (Å²) in [7, 11) is 0. The molecule has 12 atom stereocenters. The first-order valence-electron chi connectivity index (χ1n) is 36.1. The number of unbranched alkanes of at least 4 members (excludes halogenated alkanes) is 2. The maximum atomic E-state index is 14.4. The first kappa shape index (κ1) is 96.0. The average Bonchev–Trinajstić information content (AvgIpc) is 0.856. The Balaban J connectivity index is 3.48. The van der Waals surface area contributed by atoms with Gasteiger partial charge in [0.25, 0.3) is 0 Å². The topological polar surface area (TPSA) is 744 Å². The second-order valence-corrected chi connectivity index (χ2v) is 26.8. The molecule has 35 N–H and O–H groups in total. The molecule has 612 valence electrons. The molecule has 0 fully saturated rings. The number of hydrogen-bond donors (Lipinski definition) is 24. The standard InChI is InChI=1S/C67H118N26O16/c1-35(2)31-46(62(106)88-44(23-16-30-81-67(77)78)58(102)89-45(24-25-49(71)94)60(104)87-42(21-11-13-27-69)59(103)92-48(33-50(72)95)63(107)93-52(36(3)4)64(108)109)90-53(97)37(5)83-51(96)34-82-56(100)41(20-10-12-26-68)86-57(101)43(22-15-29-80-66(75)76)85-54(98)38(6)84-61(105)47(32-39-17-8-7-9-18-39)91-55(99)40(70)19-14-28-79-65(73)74/h7-9,17-18,35-38,40-48,52H,10-16,19-34,68-70H2,1-6H3,(H2,71,94)(H2,72,95)(H,82,100)(H,83,96)(H,84,105)(H,85,98)(H,86,101)(H,87,104)(H,88,106)(H,89,102)(H,90,97)(H,91,99)(H,92,103)(H,93,107)(H,108,109)(H4,73,74,79)(H4,75,76,80)(H4,77,78,81). The molecule has 14 amide bonds. The van der Waals surface area contributed by atoms with Crippen LogP contribution in [0.4, 0.5) is 0 Å². The molecule has 0 aliphatic rings. The molecule has 0 radical (unpaired) electrons. The van der Waals surface area contributed by atoms with E-state index in [9.17, 15) is 77.0 Å². The maximum Gasteiger partial charge on any atom is 0.326 e. The van der Waals surface area contributed by atoms with Gasteiger partial charge < -0.3 is 132 Å². The van der Waals surface area contributed by atoms with Gasteiger partial charge >= 0.3 is 5.97 Å². The molecule has 42 nitrogen and oxygen atoms in total. The highest BCUT2D eigenvalue weighted by Gasteiger charge is 2.37. The number of carboxylic acid groups (broad SMARTS) is 1. The Labute approximate surface area is 633 Å². The van der Waals surface area contributed by atoms with E-state index < -0.39 is 193 Å². The van der Waals surface area contributed by atoms with Crippen molar-refractivity contribution in [3.63, 3.8) is 0 Å². The molecule has 0 heterocycles. The van der Waals surface area contributed by atoms with Gasteiger partial charge in [-0.25, -0.2) is 4.79 Å². The fourth-order valence-corrected chi connectivity index (χ4v) is 10.5. The number of nitrogens with zero attached hydrogens (tertiary/aromatic N) is 3. The van der Waals surface area contributed by atoms with Crippen molar-refractivity contribution in [3.05, 3.63) is 35.9 Å². The fourth-order valence-electron chi connectivity index (χ4n) is 10.5. The van der Waals surface area contributed by atoms with E-state index in [2.05, 4.69) is 78.8 Å². The van der Waals surface area contributed by atoms with Crippen LogP contribution in [0.3, 0.4) is 0 Å². The lowest BCUT2D eigenvalue weighted by Crippen LogP contribution is -2.60. The van der Waals surface area contributed by atoms with E-state index in [1.807, 2.05) is 0 Å². The number of carbonyl (C=O) groups is 15. The SMILES string of the molecule is CC(C)CC(NC(=O)C(C)NC(=O)CNC(=O)C(CCCCN)NC(=O)C(CCCN=C(N)N)NC(=O)C(C)NC(=O)C(Cc1ccccc1)NC(=O)C(N)CCCN=C(N)N)C(=O)NC(CCCN=C(N)N)C(=O)NC(CCC(N)=O)C(=O)NC(CCCCN)C(=O)NC(CC(N)=O)C(=O)NC(C(=O)O)C(C)C. The van der Waals surface area contributed by atoms with Gasteiger partial charge in [0, 0.05) is 32.5 Å². The third-order valence-electron chi connectivity index (χ3n) is 16.4. The molecule has 0 saturated heterocycles. The third-order valence-corrected chi connectivity index (χ3v) is 16.4. The largest absolute Gasteiger partial charge is 0.480 e. The summed E-state index contributed by atoms with van der Waals surface area (Å²) in [5, 5.41) is 39.8. The van der Waals surface area contributed by atoms with Crippen molar-refractivity contribution >= 4 is 107 Å². The quantitative estimate of drug-likeness (QED) is 0.0164. The van der Waals surface area contributed by atoms with Gasteiger partial charge in [-0.1, -0.05) is 58.0 Å². The number of primary amides is 2. The van der Waals surface area contributed by atoms with Gasteiger partial charge in [0.15, 0.2) is 17.9 Å². The summed E-state index contributed by atoms with van der Waals surface area (Å²) in [5.74, 6) is -16.0. The van der Waals surface area contributed by atoms with Crippen LogP contribution in [0.1, 0.15) is 150 Å². The molecule has 0 bridgehead atoms. The lowest BCUT2D eigenvalue weighted by Gasteiger charge is -2.28. The lowest BCUT2D eigenvalue weighted by atomic mass is 10.0. The predicted octanol–water partition coefficient (Wildman–Crippen LogP) is -8.61. The summed E-state index contributed by atoms with van der Waals surface area (Å²) in [6.07, 6.45) is -0.392. The van der Waals surface area contributed by atoms with E-state index in [0.717, 1.165) is 0 Å². The van der Waals surface area contributed by atoms with Gasteiger partial charge in [0.2, 0.25) is 82.7 Å². The number of nitrogens with two attached hydrogens (primary N) is 11. The zero-order chi connectivity index (χ0) is 82.5. The summed E-state index contributed by atoms with van der Waals surface area (Å²) in [4.78, 5) is 215. The van der Waals surface area contributed by atoms with E-state index in [4.69, 9.17) is 63.1 Å². The van der Waals surface area contributed by atoms with Crippen LogP contribution >= 0.6 is 0 Å². The number of aliphatic imine (C=N–C) groups is 3. The van der Waals surface area contributed by atoms with Crippen LogP contribution in [0.15, 0.2) is 45.3 Å². The highest BCUT2D eigenvalue weighted by atomic mass is 16.4. The summed E-state index contributed by atoms with van der Waals surface area (Å²) in [6.45, 7) is 8.81. The molecular formula is C67H118N26O16. The Bertz CT molecular complexity index is 3260. The van der Waals surface area contributed by atoms with Gasteiger partial charge in [-0.3, -0.25) is 82.1 Å². The molecular weight excluding hydrogens is 1420 g/mol. The molecule has 0 saturated carbocycles. The Morgan fingerprint density at radius 1 is 0.394 bits per heavy atom. The molecule has 0 spiro atoms. The van der Waals surface area contributed by atoms with Gasteiger partial charge in [0.05, 0.1) is 19.0 Å². The Morgan fingerprint density at radius 3 is 1.19 bits per heavy atom. The Kier molecular flexibility index (Phi) is 45.8. The van der Waals surface area contributed by atoms with Crippen LogP contribution < -0.4 is 127 Å². The van der Waals surface area contributed by atoms with Gasteiger partial charge in [0.1, 0.15) is 66.5 Å². The van der Waals surface area contributed by atoms with Crippen LogP contribution in [-0.4, -0.2) is 223 Å². The second kappa shape index (κ2) is 52.1. The minimum atomic E-state index is -1.72. The van der Waals surface area contributed by atoms with E-state index in [-0.39, 0.29) is 121 Å². The smallest absolute Gasteiger partial charge is 0.326 e. The number of guanidine groups is 3. The zero-order valence-corrected chi connectivity index (χ0v) is 63.0. The molecule has 0 aliphatic carbocycles. The van der Waals surface area contributed by atoms with Crippen LogP contribution in [-0.2, 0) is 78.3 Å². The minimum absolute atomic E-state index is 0.00368. The molecule has 0 aliphatic heterocycles. The zero-order valence-electron chi connectivity index (χ0n) is 63.0.